The van der Waals surface area contributed by atoms with Crippen LogP contribution in [0.25, 0.3) is 0 Å². The molecule has 3 rings (SSSR count). The molecule has 6 heteroatoms. The van der Waals surface area contributed by atoms with E-state index in [4.69, 9.17) is 0 Å². The van der Waals surface area contributed by atoms with Gasteiger partial charge in [-0.2, -0.15) is 0 Å². The summed E-state index contributed by atoms with van der Waals surface area (Å²) in [6.45, 7) is 1.05. The smallest absolute Gasteiger partial charge is 0.261 e. The van der Waals surface area contributed by atoms with E-state index >= 15 is 0 Å². The average Bonchev–Trinajstić information content (AvgIpc) is 3.06. The van der Waals surface area contributed by atoms with Crippen molar-refractivity contribution in [1.82, 2.24) is 15.2 Å². The van der Waals surface area contributed by atoms with Gasteiger partial charge in [0, 0.05) is 31.9 Å². The predicted molar refractivity (Wildman–Crippen MR) is 124 cm³/mol. The van der Waals surface area contributed by atoms with Gasteiger partial charge in [0.15, 0.2) is 0 Å². The number of fused-ring (bicyclic) bond motifs is 1. The maximum atomic E-state index is 12.3. The minimum atomic E-state index is -0.156. The molecule has 1 aliphatic rings. The Hall–Kier alpha value is -3.02. The molecule has 6 nitrogen and oxygen atoms in total. The number of hydrogen-bond donors (Lipinski definition) is 1. The van der Waals surface area contributed by atoms with E-state index in [1.54, 1.807) is 36.7 Å². The molecule has 0 saturated carbocycles. The number of pyridine rings is 1. The van der Waals surface area contributed by atoms with Crippen molar-refractivity contribution in [1.29, 1.82) is 0 Å². The molecular weight excluding hydrogens is 402 g/mol. The zero-order valence-electron chi connectivity index (χ0n) is 18.7. The first kappa shape index (κ1) is 23.6. The van der Waals surface area contributed by atoms with Crippen LogP contribution in [0.5, 0.6) is 0 Å². The second-order valence-electron chi connectivity index (χ2n) is 8.38. The highest BCUT2D eigenvalue weighted by molar-refractivity contribution is 6.21. The highest BCUT2D eigenvalue weighted by atomic mass is 16.2. The third-order valence-corrected chi connectivity index (χ3v) is 5.88. The topological polar surface area (TPSA) is 79.4 Å². The fourth-order valence-corrected chi connectivity index (χ4v) is 4.03. The van der Waals surface area contributed by atoms with Crippen LogP contribution in [-0.2, 0) is 11.3 Å². The maximum Gasteiger partial charge on any atom is 0.261 e. The molecule has 2 heterocycles. The minimum Gasteiger partial charge on any atom is -0.352 e. The van der Waals surface area contributed by atoms with Gasteiger partial charge in [0.25, 0.3) is 11.8 Å². The van der Waals surface area contributed by atoms with E-state index in [1.807, 2.05) is 12.1 Å². The van der Waals surface area contributed by atoms with E-state index in [0.29, 0.717) is 30.6 Å². The summed E-state index contributed by atoms with van der Waals surface area (Å²) < 4.78 is 0. The first-order valence-corrected chi connectivity index (χ1v) is 11.8. The standard InChI is InChI=1S/C26H33N3O3/c30-24(28-20-21-13-12-17-27-19-21)16-8-6-4-2-1-3-5-7-11-18-29-25(31)22-14-9-10-15-23(22)26(29)32/h9-10,12-15,17,19H,1-8,11,16,18,20H2,(H,28,30). The molecule has 170 valence electrons. The molecule has 1 N–H and O–H groups in total. The van der Waals surface area contributed by atoms with E-state index in [0.717, 1.165) is 44.1 Å². The number of carbonyl (C=O) groups excluding carboxylic acids is 3. The molecule has 0 unspecified atom stereocenters. The number of amides is 3. The number of imide groups is 1. The molecule has 0 saturated heterocycles. The monoisotopic (exact) mass is 435 g/mol. The summed E-state index contributed by atoms with van der Waals surface area (Å²) in [6.07, 6.45) is 13.8. The summed E-state index contributed by atoms with van der Waals surface area (Å²) in [5, 5.41) is 2.94. The van der Waals surface area contributed by atoms with Gasteiger partial charge < -0.3 is 5.32 Å². The summed E-state index contributed by atoms with van der Waals surface area (Å²) >= 11 is 0. The maximum absolute atomic E-state index is 12.3. The fraction of sp³-hybridized carbons (Fsp3) is 0.462. The van der Waals surface area contributed by atoms with Crippen LogP contribution < -0.4 is 5.32 Å². The van der Waals surface area contributed by atoms with Gasteiger partial charge in [-0.3, -0.25) is 24.3 Å². The van der Waals surface area contributed by atoms with Crippen molar-refractivity contribution in [3.63, 3.8) is 0 Å². The Balaban J connectivity index is 1.13. The van der Waals surface area contributed by atoms with Gasteiger partial charge >= 0.3 is 0 Å². The van der Waals surface area contributed by atoms with Crippen molar-refractivity contribution < 1.29 is 14.4 Å². The molecule has 0 fully saturated rings. The van der Waals surface area contributed by atoms with E-state index in [2.05, 4.69) is 10.3 Å². The molecule has 1 aromatic carbocycles. The van der Waals surface area contributed by atoms with Crippen molar-refractivity contribution in [3.05, 3.63) is 65.5 Å². The highest BCUT2D eigenvalue weighted by Gasteiger charge is 2.34. The van der Waals surface area contributed by atoms with Crippen LogP contribution in [0.2, 0.25) is 0 Å². The second-order valence-corrected chi connectivity index (χ2v) is 8.38. The number of rotatable bonds is 14. The third kappa shape index (κ3) is 7.01. The number of unbranched alkanes of at least 4 members (excludes halogenated alkanes) is 8. The number of nitrogens with zero attached hydrogens (tertiary/aromatic N) is 2. The molecule has 0 spiro atoms. The predicted octanol–water partition coefficient (Wildman–Crippen LogP) is 4.90. The number of carbonyl (C=O) groups is 3. The number of benzene rings is 1. The molecule has 3 amide bonds. The molecule has 32 heavy (non-hydrogen) atoms. The van der Waals surface area contributed by atoms with Gasteiger partial charge in [-0.25, -0.2) is 0 Å². The SMILES string of the molecule is O=C(CCCCCCCCCCCN1C(=O)c2ccccc2C1=O)NCc1cccnc1. The lowest BCUT2D eigenvalue weighted by atomic mass is 10.1. The van der Waals surface area contributed by atoms with Gasteiger partial charge in [0.2, 0.25) is 5.91 Å². The van der Waals surface area contributed by atoms with Crippen molar-refractivity contribution in [3.8, 4) is 0 Å². The van der Waals surface area contributed by atoms with Gasteiger partial charge in [0.1, 0.15) is 0 Å². The van der Waals surface area contributed by atoms with Crippen molar-refractivity contribution >= 4 is 17.7 Å². The van der Waals surface area contributed by atoms with Crippen LogP contribution in [0.4, 0.5) is 0 Å². The molecule has 2 aromatic rings. The van der Waals surface area contributed by atoms with Crippen LogP contribution in [0.1, 0.15) is 90.5 Å². The van der Waals surface area contributed by atoms with Crippen LogP contribution in [0.15, 0.2) is 48.8 Å². The lowest BCUT2D eigenvalue weighted by Crippen LogP contribution is -2.30. The highest BCUT2D eigenvalue weighted by Crippen LogP contribution is 2.23. The molecular formula is C26H33N3O3. The van der Waals surface area contributed by atoms with Crippen molar-refractivity contribution in [2.24, 2.45) is 0 Å². The van der Waals surface area contributed by atoms with Crippen molar-refractivity contribution in [2.45, 2.75) is 70.8 Å². The summed E-state index contributed by atoms with van der Waals surface area (Å²) in [5.41, 5.74) is 2.08. The first-order chi connectivity index (χ1) is 15.7. The largest absolute Gasteiger partial charge is 0.352 e. The number of nitrogens with one attached hydrogen (secondary N) is 1. The van der Waals surface area contributed by atoms with Gasteiger partial charge in [-0.1, -0.05) is 63.1 Å². The Morgan fingerprint density at radius 2 is 1.38 bits per heavy atom. The number of hydrogen-bond acceptors (Lipinski definition) is 4. The lowest BCUT2D eigenvalue weighted by Gasteiger charge is -2.13. The summed E-state index contributed by atoms with van der Waals surface area (Å²) in [5.74, 6) is -0.209. The lowest BCUT2D eigenvalue weighted by molar-refractivity contribution is -0.121. The van der Waals surface area contributed by atoms with Crippen LogP contribution in [0.3, 0.4) is 0 Å². The molecule has 0 aliphatic carbocycles. The summed E-state index contributed by atoms with van der Waals surface area (Å²) in [7, 11) is 0. The van der Waals surface area contributed by atoms with Gasteiger partial charge in [-0.05, 0) is 36.6 Å². The van der Waals surface area contributed by atoms with Gasteiger partial charge in [0.05, 0.1) is 11.1 Å². The van der Waals surface area contributed by atoms with Gasteiger partial charge in [-0.15, -0.1) is 0 Å². The van der Waals surface area contributed by atoms with Crippen molar-refractivity contribution in [2.75, 3.05) is 6.54 Å². The fourth-order valence-electron chi connectivity index (χ4n) is 4.03. The molecule has 1 aliphatic heterocycles. The zero-order chi connectivity index (χ0) is 22.6. The first-order valence-electron chi connectivity index (χ1n) is 11.8. The molecule has 0 bridgehead atoms. The van der Waals surface area contributed by atoms with E-state index in [-0.39, 0.29) is 17.7 Å². The Labute approximate surface area is 190 Å². The second kappa shape index (κ2) is 12.7. The van der Waals surface area contributed by atoms with E-state index < -0.39 is 0 Å². The Kier molecular flexibility index (Phi) is 9.41. The Morgan fingerprint density at radius 3 is 1.97 bits per heavy atom. The summed E-state index contributed by atoms with van der Waals surface area (Å²) in [6, 6.07) is 10.9. The zero-order valence-corrected chi connectivity index (χ0v) is 18.7. The van der Waals surface area contributed by atoms with Crippen LogP contribution >= 0.6 is 0 Å². The van der Waals surface area contributed by atoms with Crippen LogP contribution in [-0.4, -0.2) is 34.2 Å². The number of aromatic nitrogens is 1. The summed E-state index contributed by atoms with van der Waals surface area (Å²) in [4.78, 5) is 41.9. The molecule has 1 aromatic heterocycles. The van der Waals surface area contributed by atoms with E-state index in [1.165, 1.54) is 24.2 Å². The minimum absolute atomic E-state index is 0.104. The van der Waals surface area contributed by atoms with Crippen LogP contribution in [0, 0.1) is 0 Å². The normalized spacial score (nSPS) is 12.8. The molecule has 0 radical (unpaired) electrons. The Morgan fingerprint density at radius 1 is 0.781 bits per heavy atom. The molecule has 0 atom stereocenters. The quantitative estimate of drug-likeness (QED) is 0.338. The van der Waals surface area contributed by atoms with E-state index in [9.17, 15) is 14.4 Å². The third-order valence-electron chi connectivity index (χ3n) is 5.88. The Bertz CT molecular complexity index is 863. The average molecular weight is 436 g/mol.